The molecule has 1 unspecified atom stereocenters. The molecule has 114 valence electrons. The van der Waals surface area contributed by atoms with Crippen molar-refractivity contribution in [1.82, 2.24) is 4.90 Å². The topological polar surface area (TPSA) is 41.9 Å². The van der Waals surface area contributed by atoms with Gasteiger partial charge in [0.1, 0.15) is 24.2 Å². The highest BCUT2D eigenvalue weighted by Crippen LogP contribution is 2.17. The normalized spacial score (nSPS) is 13.1. The van der Waals surface area contributed by atoms with Gasteiger partial charge in [0.2, 0.25) is 0 Å². The fourth-order valence-corrected chi connectivity index (χ4v) is 2.18. The third kappa shape index (κ3) is 5.39. The zero-order valence-electron chi connectivity index (χ0n) is 13.2. The summed E-state index contributed by atoms with van der Waals surface area (Å²) in [6.45, 7) is 9.45. The predicted octanol–water partition coefficient (Wildman–Crippen LogP) is 2.55. The molecule has 0 saturated carbocycles. The second-order valence-electron chi connectivity index (χ2n) is 5.52. The Balaban J connectivity index is 2.43. The SMILES string of the molecule is COc1ccc(OCC(O)CN(C(C)C)C(C)C)cc1. The average Bonchev–Trinajstić information content (AvgIpc) is 2.42. The van der Waals surface area contributed by atoms with E-state index < -0.39 is 6.10 Å². The lowest BCUT2D eigenvalue weighted by Crippen LogP contribution is -2.43. The van der Waals surface area contributed by atoms with Crippen molar-refractivity contribution in [2.24, 2.45) is 0 Å². The van der Waals surface area contributed by atoms with Gasteiger partial charge in [-0.15, -0.1) is 0 Å². The molecule has 0 fully saturated rings. The summed E-state index contributed by atoms with van der Waals surface area (Å²) >= 11 is 0. The van der Waals surface area contributed by atoms with Gasteiger partial charge < -0.3 is 14.6 Å². The standard InChI is InChI=1S/C16H27NO3/c1-12(2)17(13(3)4)10-14(18)11-20-16-8-6-15(19-5)7-9-16/h6-9,12-14,18H,10-11H2,1-5H3. The van der Waals surface area contributed by atoms with Gasteiger partial charge in [0.25, 0.3) is 0 Å². The molecule has 0 aromatic heterocycles. The van der Waals surface area contributed by atoms with Crippen molar-refractivity contribution < 1.29 is 14.6 Å². The number of nitrogens with zero attached hydrogens (tertiary/aromatic N) is 1. The molecule has 1 aromatic rings. The minimum absolute atomic E-state index is 0.294. The van der Waals surface area contributed by atoms with Crippen molar-refractivity contribution >= 4 is 0 Å². The molecule has 20 heavy (non-hydrogen) atoms. The van der Waals surface area contributed by atoms with Gasteiger partial charge in [-0.3, -0.25) is 4.90 Å². The second kappa shape index (κ2) is 8.12. The summed E-state index contributed by atoms with van der Waals surface area (Å²) in [6, 6.07) is 8.19. The van der Waals surface area contributed by atoms with Gasteiger partial charge in [0, 0.05) is 18.6 Å². The van der Waals surface area contributed by atoms with E-state index in [1.54, 1.807) is 7.11 Å². The first kappa shape index (κ1) is 16.8. The zero-order valence-corrected chi connectivity index (χ0v) is 13.2. The van der Waals surface area contributed by atoms with Crippen molar-refractivity contribution in [2.45, 2.75) is 45.9 Å². The summed E-state index contributed by atoms with van der Waals surface area (Å²) in [5, 5.41) is 10.1. The molecule has 0 heterocycles. The highest BCUT2D eigenvalue weighted by Gasteiger charge is 2.17. The molecule has 4 heteroatoms. The van der Waals surface area contributed by atoms with E-state index >= 15 is 0 Å². The van der Waals surface area contributed by atoms with E-state index in [9.17, 15) is 5.11 Å². The summed E-state index contributed by atoms with van der Waals surface area (Å²) in [7, 11) is 1.63. The molecule has 4 nitrogen and oxygen atoms in total. The van der Waals surface area contributed by atoms with Crippen LogP contribution in [0.15, 0.2) is 24.3 Å². The van der Waals surface area contributed by atoms with Crippen LogP contribution >= 0.6 is 0 Å². The van der Waals surface area contributed by atoms with Crippen molar-refractivity contribution in [3.05, 3.63) is 24.3 Å². The van der Waals surface area contributed by atoms with Gasteiger partial charge >= 0.3 is 0 Å². The number of methoxy groups -OCH3 is 1. The molecule has 0 bridgehead atoms. The van der Waals surface area contributed by atoms with Crippen LogP contribution in [0.25, 0.3) is 0 Å². The van der Waals surface area contributed by atoms with Crippen molar-refractivity contribution in [1.29, 1.82) is 0 Å². The molecule has 1 aromatic carbocycles. The Bertz CT molecular complexity index is 368. The van der Waals surface area contributed by atoms with Crippen LogP contribution in [0.5, 0.6) is 11.5 Å². The fraction of sp³-hybridized carbons (Fsp3) is 0.625. The van der Waals surface area contributed by atoms with Crippen molar-refractivity contribution in [2.75, 3.05) is 20.3 Å². The average molecular weight is 281 g/mol. The lowest BCUT2D eigenvalue weighted by Gasteiger charge is -2.32. The Morgan fingerprint density at radius 3 is 1.95 bits per heavy atom. The van der Waals surface area contributed by atoms with Gasteiger partial charge in [0.15, 0.2) is 0 Å². The molecular weight excluding hydrogens is 254 g/mol. The minimum atomic E-state index is -0.498. The summed E-state index contributed by atoms with van der Waals surface area (Å²) in [5.41, 5.74) is 0. The molecule has 0 saturated heterocycles. The Morgan fingerprint density at radius 2 is 1.50 bits per heavy atom. The van der Waals surface area contributed by atoms with E-state index in [4.69, 9.17) is 9.47 Å². The number of benzene rings is 1. The molecule has 0 radical (unpaired) electrons. The van der Waals surface area contributed by atoms with Gasteiger partial charge in [-0.25, -0.2) is 0 Å². The van der Waals surface area contributed by atoms with E-state index in [1.807, 2.05) is 24.3 Å². The molecule has 1 atom stereocenters. The monoisotopic (exact) mass is 281 g/mol. The summed E-state index contributed by atoms with van der Waals surface area (Å²) < 4.78 is 10.7. The Hall–Kier alpha value is -1.26. The maximum absolute atomic E-state index is 10.1. The minimum Gasteiger partial charge on any atom is -0.497 e. The maximum Gasteiger partial charge on any atom is 0.119 e. The van der Waals surface area contributed by atoms with E-state index in [2.05, 4.69) is 32.6 Å². The quantitative estimate of drug-likeness (QED) is 0.795. The lowest BCUT2D eigenvalue weighted by molar-refractivity contribution is 0.0445. The van der Waals surface area contributed by atoms with Crippen LogP contribution in [0.3, 0.4) is 0 Å². The number of ether oxygens (including phenoxy) is 2. The van der Waals surface area contributed by atoms with Gasteiger partial charge in [0.05, 0.1) is 7.11 Å². The molecular formula is C16H27NO3. The lowest BCUT2D eigenvalue weighted by atomic mass is 10.2. The first-order valence-electron chi connectivity index (χ1n) is 7.14. The number of aliphatic hydroxyl groups is 1. The third-order valence-electron chi connectivity index (χ3n) is 3.25. The summed E-state index contributed by atoms with van der Waals surface area (Å²) in [5.74, 6) is 1.54. The molecule has 0 aliphatic rings. The Labute approximate surface area is 122 Å². The van der Waals surface area contributed by atoms with E-state index in [0.29, 0.717) is 25.2 Å². The maximum atomic E-state index is 10.1. The van der Waals surface area contributed by atoms with Gasteiger partial charge in [-0.2, -0.15) is 0 Å². The molecule has 0 aliphatic heterocycles. The van der Waals surface area contributed by atoms with Crippen molar-refractivity contribution in [3.8, 4) is 11.5 Å². The van der Waals surface area contributed by atoms with E-state index in [1.165, 1.54) is 0 Å². The van der Waals surface area contributed by atoms with Crippen molar-refractivity contribution in [3.63, 3.8) is 0 Å². The first-order chi connectivity index (χ1) is 9.43. The summed E-state index contributed by atoms with van der Waals surface area (Å²) in [6.07, 6.45) is -0.498. The highest BCUT2D eigenvalue weighted by molar-refractivity contribution is 5.31. The Kier molecular flexibility index (Phi) is 6.82. The zero-order chi connectivity index (χ0) is 15.1. The molecule has 0 amide bonds. The smallest absolute Gasteiger partial charge is 0.119 e. The molecule has 1 N–H and O–H groups in total. The highest BCUT2D eigenvalue weighted by atomic mass is 16.5. The second-order valence-corrected chi connectivity index (χ2v) is 5.52. The first-order valence-corrected chi connectivity index (χ1v) is 7.14. The van der Waals surface area contributed by atoms with Gasteiger partial charge in [-0.05, 0) is 52.0 Å². The molecule has 1 rings (SSSR count). The molecule has 0 spiro atoms. The van der Waals surface area contributed by atoms with Gasteiger partial charge in [-0.1, -0.05) is 0 Å². The fourth-order valence-electron chi connectivity index (χ4n) is 2.18. The predicted molar refractivity (Wildman–Crippen MR) is 81.5 cm³/mol. The number of aliphatic hydroxyl groups excluding tert-OH is 1. The third-order valence-corrected chi connectivity index (χ3v) is 3.25. The van der Waals surface area contributed by atoms with E-state index in [0.717, 1.165) is 11.5 Å². The van der Waals surface area contributed by atoms with Crippen LogP contribution in [-0.4, -0.2) is 48.5 Å². The van der Waals surface area contributed by atoms with Crippen LogP contribution in [0, 0.1) is 0 Å². The van der Waals surface area contributed by atoms with Crippen LogP contribution in [0.1, 0.15) is 27.7 Å². The van der Waals surface area contributed by atoms with Crippen LogP contribution < -0.4 is 9.47 Å². The van der Waals surface area contributed by atoms with Crippen LogP contribution in [0.2, 0.25) is 0 Å². The number of rotatable bonds is 8. The van der Waals surface area contributed by atoms with Crippen LogP contribution in [-0.2, 0) is 0 Å². The summed E-state index contributed by atoms with van der Waals surface area (Å²) in [4.78, 5) is 2.25. The number of hydrogen-bond donors (Lipinski definition) is 1. The van der Waals surface area contributed by atoms with Crippen LogP contribution in [0.4, 0.5) is 0 Å². The van der Waals surface area contributed by atoms with E-state index in [-0.39, 0.29) is 0 Å². The largest absolute Gasteiger partial charge is 0.497 e. The number of hydrogen-bond acceptors (Lipinski definition) is 4. The molecule has 0 aliphatic carbocycles. The Morgan fingerprint density at radius 1 is 1.00 bits per heavy atom.